The van der Waals surface area contributed by atoms with Crippen molar-refractivity contribution in [1.82, 2.24) is 5.32 Å². The highest BCUT2D eigenvalue weighted by molar-refractivity contribution is 6.00. The zero-order chi connectivity index (χ0) is 14.6. The van der Waals surface area contributed by atoms with Crippen LogP contribution in [0.4, 0.5) is 11.4 Å². The molecule has 5 nitrogen and oxygen atoms in total. The molecule has 0 unspecified atom stereocenters. The Balaban J connectivity index is 2.09. The summed E-state index contributed by atoms with van der Waals surface area (Å²) < 4.78 is 0. The average Bonchev–Trinajstić information content (AvgIpc) is 3.17. The van der Waals surface area contributed by atoms with Crippen molar-refractivity contribution < 1.29 is 9.90 Å². The molecule has 1 aromatic rings. The SMILES string of the molecule is CCNC(=O)c1ccc(N)cc1NCC1(CCO)CC1. The molecule has 1 aliphatic carbocycles. The second-order valence-corrected chi connectivity index (χ2v) is 5.49. The Morgan fingerprint density at radius 1 is 1.45 bits per heavy atom. The van der Waals surface area contributed by atoms with Crippen molar-refractivity contribution >= 4 is 17.3 Å². The van der Waals surface area contributed by atoms with Crippen molar-refractivity contribution in [3.63, 3.8) is 0 Å². The van der Waals surface area contributed by atoms with E-state index in [-0.39, 0.29) is 17.9 Å². The molecule has 0 bridgehead atoms. The number of carbonyl (C=O) groups excluding carboxylic acids is 1. The third-order valence-electron chi connectivity index (χ3n) is 3.88. The van der Waals surface area contributed by atoms with Crippen LogP contribution >= 0.6 is 0 Å². The van der Waals surface area contributed by atoms with Crippen LogP contribution in [-0.2, 0) is 0 Å². The molecule has 0 heterocycles. The van der Waals surface area contributed by atoms with Crippen LogP contribution in [0.25, 0.3) is 0 Å². The number of aliphatic hydroxyl groups is 1. The molecule has 2 rings (SSSR count). The van der Waals surface area contributed by atoms with Gasteiger partial charge < -0.3 is 21.5 Å². The maximum atomic E-state index is 12.0. The van der Waals surface area contributed by atoms with Crippen LogP contribution in [0.5, 0.6) is 0 Å². The standard InChI is InChI=1S/C15H23N3O2/c1-2-17-14(20)12-4-3-11(16)9-13(12)18-10-15(5-6-15)7-8-19/h3-4,9,18-19H,2,5-8,10,16H2,1H3,(H,17,20). The second-order valence-electron chi connectivity index (χ2n) is 5.49. The number of rotatable bonds is 7. The predicted molar refractivity (Wildman–Crippen MR) is 80.7 cm³/mol. The van der Waals surface area contributed by atoms with E-state index in [1.54, 1.807) is 18.2 Å². The number of hydrogen-bond acceptors (Lipinski definition) is 4. The molecule has 0 atom stereocenters. The fraction of sp³-hybridized carbons (Fsp3) is 0.533. The Bertz CT molecular complexity index is 484. The molecule has 0 spiro atoms. The van der Waals surface area contributed by atoms with Gasteiger partial charge in [0.15, 0.2) is 0 Å². The van der Waals surface area contributed by atoms with E-state index in [9.17, 15) is 4.79 Å². The van der Waals surface area contributed by atoms with Crippen LogP contribution in [0, 0.1) is 5.41 Å². The lowest BCUT2D eigenvalue weighted by Crippen LogP contribution is -2.25. The van der Waals surface area contributed by atoms with Gasteiger partial charge in [0, 0.05) is 31.1 Å². The minimum atomic E-state index is -0.0954. The number of nitrogen functional groups attached to an aromatic ring is 1. The molecule has 0 aliphatic heterocycles. The molecule has 1 saturated carbocycles. The Morgan fingerprint density at radius 3 is 2.80 bits per heavy atom. The molecule has 1 amide bonds. The van der Waals surface area contributed by atoms with E-state index in [1.165, 1.54) is 0 Å². The number of anilines is 2. The molecule has 0 aromatic heterocycles. The normalized spacial score (nSPS) is 15.7. The van der Waals surface area contributed by atoms with Gasteiger partial charge in [0.05, 0.1) is 5.56 Å². The summed E-state index contributed by atoms with van der Waals surface area (Å²) in [6.07, 6.45) is 3.05. The Hall–Kier alpha value is -1.75. The van der Waals surface area contributed by atoms with E-state index in [0.29, 0.717) is 17.8 Å². The lowest BCUT2D eigenvalue weighted by atomic mass is 10.0. The van der Waals surface area contributed by atoms with Gasteiger partial charge in [-0.3, -0.25) is 4.79 Å². The molecular formula is C15H23N3O2. The third-order valence-corrected chi connectivity index (χ3v) is 3.88. The average molecular weight is 277 g/mol. The molecule has 0 saturated heterocycles. The van der Waals surface area contributed by atoms with Crippen molar-refractivity contribution in [2.75, 3.05) is 30.7 Å². The number of hydrogen-bond donors (Lipinski definition) is 4. The Morgan fingerprint density at radius 2 is 2.20 bits per heavy atom. The van der Waals surface area contributed by atoms with Crippen LogP contribution in [0.1, 0.15) is 36.5 Å². The molecule has 5 heteroatoms. The smallest absolute Gasteiger partial charge is 0.253 e. The van der Waals surface area contributed by atoms with E-state index in [1.807, 2.05) is 6.92 Å². The molecule has 1 fully saturated rings. The monoisotopic (exact) mass is 277 g/mol. The second kappa shape index (κ2) is 6.13. The minimum Gasteiger partial charge on any atom is -0.399 e. The van der Waals surface area contributed by atoms with Gasteiger partial charge in [-0.1, -0.05) is 0 Å². The highest BCUT2D eigenvalue weighted by Crippen LogP contribution is 2.48. The molecule has 20 heavy (non-hydrogen) atoms. The summed E-state index contributed by atoms with van der Waals surface area (Å²) in [7, 11) is 0. The maximum Gasteiger partial charge on any atom is 0.253 e. The number of nitrogens with one attached hydrogen (secondary N) is 2. The summed E-state index contributed by atoms with van der Waals surface area (Å²) >= 11 is 0. The molecule has 110 valence electrons. The summed E-state index contributed by atoms with van der Waals surface area (Å²) in [4.78, 5) is 12.0. The molecule has 5 N–H and O–H groups in total. The summed E-state index contributed by atoms with van der Waals surface area (Å²) in [6.45, 7) is 3.46. The van der Waals surface area contributed by atoms with Gasteiger partial charge in [-0.25, -0.2) is 0 Å². The lowest BCUT2D eigenvalue weighted by Gasteiger charge is -2.18. The predicted octanol–water partition coefficient (Wildman–Crippen LogP) is 1.59. The van der Waals surface area contributed by atoms with Crippen molar-refractivity contribution in [1.29, 1.82) is 0 Å². The number of carbonyl (C=O) groups is 1. The molecule has 0 radical (unpaired) electrons. The fourth-order valence-electron chi connectivity index (χ4n) is 2.37. The van der Waals surface area contributed by atoms with E-state index < -0.39 is 0 Å². The van der Waals surface area contributed by atoms with E-state index in [4.69, 9.17) is 10.8 Å². The summed E-state index contributed by atoms with van der Waals surface area (Å²) in [5.41, 5.74) is 8.00. The number of nitrogens with two attached hydrogens (primary N) is 1. The Kier molecular flexibility index (Phi) is 4.49. The lowest BCUT2D eigenvalue weighted by molar-refractivity contribution is 0.0956. The quantitative estimate of drug-likeness (QED) is 0.570. The number of aliphatic hydroxyl groups excluding tert-OH is 1. The van der Waals surface area contributed by atoms with Gasteiger partial charge in [-0.15, -0.1) is 0 Å². The first-order valence-electron chi connectivity index (χ1n) is 7.13. The fourth-order valence-corrected chi connectivity index (χ4v) is 2.37. The van der Waals surface area contributed by atoms with Gasteiger partial charge in [0.1, 0.15) is 0 Å². The molecule has 1 aromatic carbocycles. The van der Waals surface area contributed by atoms with Crippen LogP contribution in [0.3, 0.4) is 0 Å². The van der Waals surface area contributed by atoms with E-state index in [2.05, 4.69) is 10.6 Å². The van der Waals surface area contributed by atoms with Crippen LogP contribution in [-0.4, -0.2) is 30.7 Å². The zero-order valence-corrected chi connectivity index (χ0v) is 11.9. The van der Waals surface area contributed by atoms with E-state index in [0.717, 1.165) is 31.5 Å². The summed E-state index contributed by atoms with van der Waals surface area (Å²) in [5.74, 6) is -0.0954. The first-order valence-corrected chi connectivity index (χ1v) is 7.13. The van der Waals surface area contributed by atoms with Crippen LogP contribution in [0.2, 0.25) is 0 Å². The van der Waals surface area contributed by atoms with Crippen LogP contribution < -0.4 is 16.4 Å². The molecular weight excluding hydrogens is 254 g/mol. The van der Waals surface area contributed by atoms with Crippen LogP contribution in [0.15, 0.2) is 18.2 Å². The van der Waals surface area contributed by atoms with E-state index >= 15 is 0 Å². The van der Waals surface area contributed by atoms with Gasteiger partial charge in [0.25, 0.3) is 5.91 Å². The van der Waals surface area contributed by atoms with Gasteiger partial charge in [-0.2, -0.15) is 0 Å². The Labute approximate surface area is 119 Å². The van der Waals surface area contributed by atoms with Crippen molar-refractivity contribution in [2.24, 2.45) is 5.41 Å². The van der Waals surface area contributed by atoms with Gasteiger partial charge in [-0.05, 0) is 49.8 Å². The third kappa shape index (κ3) is 3.42. The number of benzene rings is 1. The summed E-state index contributed by atoms with van der Waals surface area (Å²) in [5, 5.41) is 15.2. The van der Waals surface area contributed by atoms with Gasteiger partial charge in [0.2, 0.25) is 0 Å². The first kappa shape index (κ1) is 14.7. The summed E-state index contributed by atoms with van der Waals surface area (Å²) in [6, 6.07) is 5.27. The first-order chi connectivity index (χ1) is 9.60. The highest BCUT2D eigenvalue weighted by Gasteiger charge is 2.41. The zero-order valence-electron chi connectivity index (χ0n) is 11.9. The highest BCUT2D eigenvalue weighted by atomic mass is 16.3. The maximum absolute atomic E-state index is 12.0. The van der Waals surface area contributed by atoms with Crippen molar-refractivity contribution in [3.8, 4) is 0 Å². The minimum absolute atomic E-state index is 0.0954. The van der Waals surface area contributed by atoms with Crippen molar-refractivity contribution in [2.45, 2.75) is 26.2 Å². The topological polar surface area (TPSA) is 87.4 Å². The molecule has 1 aliphatic rings. The largest absolute Gasteiger partial charge is 0.399 e. The van der Waals surface area contributed by atoms with Gasteiger partial charge >= 0.3 is 0 Å². The van der Waals surface area contributed by atoms with Crippen molar-refractivity contribution in [3.05, 3.63) is 23.8 Å². The number of amides is 1.